The number of amides is 3. The Balaban J connectivity index is 4.11. The van der Waals surface area contributed by atoms with Gasteiger partial charge in [0.15, 0.2) is 0 Å². The summed E-state index contributed by atoms with van der Waals surface area (Å²) in [5.74, 6) is -1.18. The highest BCUT2D eigenvalue weighted by Gasteiger charge is 2.27. The predicted molar refractivity (Wildman–Crippen MR) is 72.3 cm³/mol. The number of carbonyl (C=O) groups excluding carboxylic acids is 2. The lowest BCUT2D eigenvalue weighted by molar-refractivity contribution is -0.139. The molecule has 20 heavy (non-hydrogen) atoms. The van der Waals surface area contributed by atoms with Crippen LogP contribution in [0.2, 0.25) is 0 Å². The van der Waals surface area contributed by atoms with Gasteiger partial charge in [-0.1, -0.05) is 0 Å². The number of methoxy groups -OCH3 is 1. The molecule has 0 rings (SSSR count). The number of hydrogen-bond acceptors (Lipinski definition) is 4. The molecule has 0 aliphatic rings. The van der Waals surface area contributed by atoms with E-state index in [2.05, 4.69) is 16.0 Å². The summed E-state index contributed by atoms with van der Waals surface area (Å²) < 4.78 is 4.93. The Hall–Kier alpha value is -1.83. The molecule has 0 aromatic rings. The van der Waals surface area contributed by atoms with Gasteiger partial charge in [0.05, 0.1) is 17.9 Å². The van der Waals surface area contributed by atoms with Crippen molar-refractivity contribution < 1.29 is 24.2 Å². The van der Waals surface area contributed by atoms with Crippen LogP contribution in [0.25, 0.3) is 0 Å². The Morgan fingerprint density at radius 3 is 2.30 bits per heavy atom. The Labute approximate surface area is 118 Å². The van der Waals surface area contributed by atoms with Gasteiger partial charge in [-0.15, -0.1) is 0 Å². The molecular formula is C12H23N3O5. The normalized spacial score (nSPS) is 12.4. The van der Waals surface area contributed by atoms with E-state index in [-0.39, 0.29) is 25.4 Å². The van der Waals surface area contributed by atoms with Gasteiger partial charge in [0.25, 0.3) is 0 Å². The summed E-state index contributed by atoms with van der Waals surface area (Å²) in [5, 5.41) is 16.2. The van der Waals surface area contributed by atoms with E-state index in [4.69, 9.17) is 9.84 Å². The SMILES string of the molecule is CNC(=O)C(C)(C)CNC(=O)NCC(CC(=O)O)OC. The van der Waals surface area contributed by atoms with Crippen LogP contribution < -0.4 is 16.0 Å². The van der Waals surface area contributed by atoms with Gasteiger partial charge in [-0.05, 0) is 13.8 Å². The molecule has 0 fully saturated rings. The van der Waals surface area contributed by atoms with E-state index in [0.717, 1.165) is 0 Å². The second-order valence-corrected chi connectivity index (χ2v) is 4.98. The van der Waals surface area contributed by atoms with E-state index < -0.39 is 23.5 Å². The molecule has 0 aromatic heterocycles. The fourth-order valence-corrected chi connectivity index (χ4v) is 1.42. The monoisotopic (exact) mass is 289 g/mol. The van der Waals surface area contributed by atoms with Gasteiger partial charge in [0.2, 0.25) is 5.91 Å². The van der Waals surface area contributed by atoms with Crippen LogP contribution >= 0.6 is 0 Å². The molecule has 0 saturated heterocycles. The summed E-state index contributed by atoms with van der Waals surface area (Å²) in [4.78, 5) is 33.6. The van der Waals surface area contributed by atoms with Crippen molar-refractivity contribution in [2.75, 3.05) is 27.2 Å². The number of urea groups is 1. The number of ether oxygens (including phenoxy) is 1. The van der Waals surface area contributed by atoms with Crippen LogP contribution in [0, 0.1) is 5.41 Å². The van der Waals surface area contributed by atoms with Gasteiger partial charge in [0, 0.05) is 27.2 Å². The molecule has 8 heteroatoms. The smallest absolute Gasteiger partial charge is 0.314 e. The highest BCUT2D eigenvalue weighted by atomic mass is 16.5. The van der Waals surface area contributed by atoms with E-state index in [1.807, 2.05) is 0 Å². The third-order valence-corrected chi connectivity index (χ3v) is 2.76. The summed E-state index contributed by atoms with van der Waals surface area (Å²) in [7, 11) is 2.90. The van der Waals surface area contributed by atoms with E-state index in [9.17, 15) is 14.4 Å². The minimum atomic E-state index is -1.00. The van der Waals surface area contributed by atoms with Crippen LogP contribution in [-0.2, 0) is 14.3 Å². The molecule has 4 N–H and O–H groups in total. The zero-order valence-electron chi connectivity index (χ0n) is 12.3. The maximum Gasteiger partial charge on any atom is 0.314 e. The second-order valence-electron chi connectivity index (χ2n) is 4.98. The van der Waals surface area contributed by atoms with Crippen LogP contribution in [0.5, 0.6) is 0 Å². The quantitative estimate of drug-likeness (QED) is 0.483. The third kappa shape index (κ3) is 6.93. The van der Waals surface area contributed by atoms with Crippen LogP contribution in [0.3, 0.4) is 0 Å². The molecular weight excluding hydrogens is 266 g/mol. The minimum absolute atomic E-state index is 0.0784. The van der Waals surface area contributed by atoms with Crippen LogP contribution in [-0.4, -0.2) is 56.4 Å². The molecule has 0 saturated carbocycles. The molecule has 1 atom stereocenters. The maximum atomic E-state index is 11.5. The first-order chi connectivity index (χ1) is 9.22. The van der Waals surface area contributed by atoms with Crippen molar-refractivity contribution in [3.8, 4) is 0 Å². The fourth-order valence-electron chi connectivity index (χ4n) is 1.42. The topological polar surface area (TPSA) is 117 Å². The summed E-state index contributed by atoms with van der Waals surface area (Å²) in [6, 6.07) is -0.477. The molecule has 8 nitrogen and oxygen atoms in total. The molecule has 3 amide bonds. The van der Waals surface area contributed by atoms with Gasteiger partial charge in [0.1, 0.15) is 0 Å². The van der Waals surface area contributed by atoms with Crippen LogP contribution in [0.1, 0.15) is 20.3 Å². The van der Waals surface area contributed by atoms with Gasteiger partial charge < -0.3 is 25.8 Å². The standard InChI is InChI=1S/C12H23N3O5/c1-12(2,10(18)13-3)7-15-11(19)14-6-8(20-4)5-9(16)17/h8H,5-7H2,1-4H3,(H,13,18)(H,16,17)(H2,14,15,19). The zero-order valence-corrected chi connectivity index (χ0v) is 12.3. The highest BCUT2D eigenvalue weighted by molar-refractivity contribution is 5.83. The van der Waals surface area contributed by atoms with Gasteiger partial charge in [-0.25, -0.2) is 4.79 Å². The van der Waals surface area contributed by atoms with Gasteiger partial charge >= 0.3 is 12.0 Å². The first-order valence-corrected chi connectivity index (χ1v) is 6.21. The fraction of sp³-hybridized carbons (Fsp3) is 0.750. The summed E-state index contributed by atoms with van der Waals surface area (Å²) in [6.07, 6.45) is -0.786. The van der Waals surface area contributed by atoms with Crippen molar-refractivity contribution in [1.29, 1.82) is 0 Å². The molecule has 0 heterocycles. The Kier molecular flexibility index (Phi) is 7.60. The molecule has 0 bridgehead atoms. The number of aliphatic carboxylic acids is 1. The van der Waals surface area contributed by atoms with Crippen molar-refractivity contribution >= 4 is 17.9 Å². The molecule has 1 unspecified atom stereocenters. The van der Waals surface area contributed by atoms with Crippen LogP contribution in [0.15, 0.2) is 0 Å². The van der Waals surface area contributed by atoms with Crippen molar-refractivity contribution in [2.45, 2.75) is 26.4 Å². The molecule has 0 radical (unpaired) electrons. The zero-order chi connectivity index (χ0) is 15.8. The Morgan fingerprint density at radius 2 is 1.85 bits per heavy atom. The summed E-state index contributed by atoms with van der Waals surface area (Å²) >= 11 is 0. The van der Waals surface area contributed by atoms with E-state index in [1.54, 1.807) is 13.8 Å². The molecule has 0 aromatic carbocycles. The Morgan fingerprint density at radius 1 is 1.25 bits per heavy atom. The maximum absolute atomic E-state index is 11.5. The average molecular weight is 289 g/mol. The minimum Gasteiger partial charge on any atom is -0.481 e. The van der Waals surface area contributed by atoms with E-state index >= 15 is 0 Å². The first kappa shape index (κ1) is 18.2. The average Bonchev–Trinajstić information content (AvgIpc) is 2.39. The van der Waals surface area contributed by atoms with Gasteiger partial charge in [-0.3, -0.25) is 9.59 Å². The Bertz CT molecular complexity index is 357. The number of rotatable bonds is 8. The molecule has 0 spiro atoms. The third-order valence-electron chi connectivity index (χ3n) is 2.76. The van der Waals surface area contributed by atoms with E-state index in [0.29, 0.717) is 0 Å². The first-order valence-electron chi connectivity index (χ1n) is 6.21. The summed E-state index contributed by atoms with van der Waals surface area (Å²) in [5.41, 5.74) is -0.728. The van der Waals surface area contributed by atoms with E-state index in [1.165, 1.54) is 14.2 Å². The molecule has 116 valence electrons. The lowest BCUT2D eigenvalue weighted by Crippen LogP contribution is -2.47. The largest absolute Gasteiger partial charge is 0.481 e. The number of carbonyl (C=O) groups is 3. The molecule has 0 aliphatic heterocycles. The number of nitrogens with one attached hydrogen (secondary N) is 3. The van der Waals surface area contributed by atoms with Crippen molar-refractivity contribution in [1.82, 2.24) is 16.0 Å². The van der Waals surface area contributed by atoms with Crippen molar-refractivity contribution in [3.05, 3.63) is 0 Å². The number of hydrogen-bond donors (Lipinski definition) is 4. The van der Waals surface area contributed by atoms with Crippen molar-refractivity contribution in [2.24, 2.45) is 5.41 Å². The predicted octanol–water partition coefficient (Wildman–Crippen LogP) is -0.452. The number of carboxylic acid groups (broad SMARTS) is 1. The van der Waals surface area contributed by atoms with Gasteiger partial charge in [-0.2, -0.15) is 0 Å². The number of carboxylic acids is 1. The highest BCUT2D eigenvalue weighted by Crippen LogP contribution is 2.12. The lowest BCUT2D eigenvalue weighted by atomic mass is 9.92. The van der Waals surface area contributed by atoms with Crippen molar-refractivity contribution in [3.63, 3.8) is 0 Å². The molecule has 0 aliphatic carbocycles. The lowest BCUT2D eigenvalue weighted by Gasteiger charge is -2.23. The van der Waals surface area contributed by atoms with Crippen LogP contribution in [0.4, 0.5) is 4.79 Å². The summed E-state index contributed by atoms with van der Waals surface area (Å²) in [6.45, 7) is 3.65. The second kappa shape index (κ2) is 8.36.